The van der Waals surface area contributed by atoms with Crippen molar-refractivity contribution in [1.29, 1.82) is 0 Å². The van der Waals surface area contributed by atoms with E-state index in [-0.39, 0.29) is 10.9 Å². The van der Waals surface area contributed by atoms with Gasteiger partial charge in [0.2, 0.25) is 10.9 Å². The first-order valence-corrected chi connectivity index (χ1v) is 8.95. The SMILES string of the molecule is Cc1cc2nccn2nc1OC(CCN1CCN(C)CC1)=S(=O)=O. The van der Waals surface area contributed by atoms with Crippen molar-refractivity contribution in [3.8, 4) is 5.88 Å². The lowest BCUT2D eigenvalue weighted by atomic mass is 10.3. The topological polar surface area (TPSA) is 80.0 Å². The average molecular weight is 351 g/mol. The molecular formula is C15H21N5O3S. The first-order chi connectivity index (χ1) is 11.5. The number of hydrogen-bond donors (Lipinski definition) is 0. The summed E-state index contributed by atoms with van der Waals surface area (Å²) in [4.78, 5) is 8.65. The van der Waals surface area contributed by atoms with Gasteiger partial charge < -0.3 is 14.5 Å². The molecule has 130 valence electrons. The quantitative estimate of drug-likeness (QED) is 0.721. The smallest absolute Gasteiger partial charge is 0.253 e. The van der Waals surface area contributed by atoms with Crippen molar-refractivity contribution >= 4 is 21.0 Å². The third-order valence-electron chi connectivity index (χ3n) is 4.16. The number of fused-ring (bicyclic) bond motifs is 1. The first-order valence-electron chi connectivity index (χ1n) is 7.88. The van der Waals surface area contributed by atoms with E-state index in [0.717, 1.165) is 31.7 Å². The zero-order valence-electron chi connectivity index (χ0n) is 13.8. The van der Waals surface area contributed by atoms with Gasteiger partial charge in [-0.1, -0.05) is 0 Å². The molecule has 1 fully saturated rings. The van der Waals surface area contributed by atoms with Crippen LogP contribution in [0.15, 0.2) is 18.5 Å². The summed E-state index contributed by atoms with van der Waals surface area (Å²) in [6.07, 6.45) is 3.66. The van der Waals surface area contributed by atoms with Crippen LogP contribution in [0.3, 0.4) is 0 Å². The Bertz CT molecular complexity index is 845. The molecule has 9 heteroatoms. The average Bonchev–Trinajstić information content (AvgIpc) is 2.99. The molecule has 8 nitrogen and oxygen atoms in total. The lowest BCUT2D eigenvalue weighted by Crippen LogP contribution is -2.45. The van der Waals surface area contributed by atoms with Crippen LogP contribution in [0.2, 0.25) is 0 Å². The highest BCUT2D eigenvalue weighted by Crippen LogP contribution is 2.16. The van der Waals surface area contributed by atoms with Crippen molar-refractivity contribution < 1.29 is 13.2 Å². The zero-order chi connectivity index (χ0) is 17.1. The van der Waals surface area contributed by atoms with Crippen LogP contribution in [-0.4, -0.2) is 77.6 Å². The van der Waals surface area contributed by atoms with Crippen LogP contribution in [0.1, 0.15) is 12.0 Å². The van der Waals surface area contributed by atoms with Crippen molar-refractivity contribution in [1.82, 2.24) is 24.4 Å². The second-order valence-electron chi connectivity index (χ2n) is 5.97. The first kappa shape index (κ1) is 16.9. The summed E-state index contributed by atoms with van der Waals surface area (Å²) in [6.45, 7) is 6.34. The van der Waals surface area contributed by atoms with E-state index in [1.807, 2.05) is 13.0 Å². The lowest BCUT2D eigenvalue weighted by molar-refractivity contribution is 0.156. The van der Waals surface area contributed by atoms with Gasteiger partial charge in [-0.05, 0) is 20.0 Å². The van der Waals surface area contributed by atoms with E-state index < -0.39 is 10.3 Å². The van der Waals surface area contributed by atoms with Crippen molar-refractivity contribution in [3.63, 3.8) is 0 Å². The van der Waals surface area contributed by atoms with Gasteiger partial charge in [0, 0.05) is 57.1 Å². The fourth-order valence-corrected chi connectivity index (χ4v) is 3.03. The number of rotatable bonds is 4. The van der Waals surface area contributed by atoms with Gasteiger partial charge >= 0.3 is 0 Å². The van der Waals surface area contributed by atoms with E-state index in [4.69, 9.17) is 4.74 Å². The Labute approximate surface area is 142 Å². The molecule has 0 saturated carbocycles. The number of nitrogens with zero attached hydrogens (tertiary/aromatic N) is 5. The Kier molecular flexibility index (Phi) is 5.12. The lowest BCUT2D eigenvalue weighted by Gasteiger charge is -2.32. The van der Waals surface area contributed by atoms with Crippen LogP contribution < -0.4 is 4.74 Å². The molecule has 24 heavy (non-hydrogen) atoms. The Balaban J connectivity index is 1.70. The zero-order valence-corrected chi connectivity index (χ0v) is 14.7. The van der Waals surface area contributed by atoms with Crippen LogP contribution in [0.5, 0.6) is 5.88 Å². The summed E-state index contributed by atoms with van der Waals surface area (Å²) >= 11 is 0. The predicted molar refractivity (Wildman–Crippen MR) is 90.8 cm³/mol. The third kappa shape index (κ3) is 3.92. The highest BCUT2D eigenvalue weighted by molar-refractivity contribution is 7.72. The molecule has 1 aliphatic rings. The molecule has 0 atom stereocenters. The summed E-state index contributed by atoms with van der Waals surface area (Å²) in [5.41, 5.74) is 1.44. The molecule has 0 N–H and O–H groups in total. The van der Waals surface area contributed by atoms with E-state index >= 15 is 0 Å². The molecule has 2 aromatic rings. The summed E-state index contributed by atoms with van der Waals surface area (Å²) in [5, 5.41) is 4.30. The second-order valence-corrected chi connectivity index (χ2v) is 6.89. The monoisotopic (exact) mass is 351 g/mol. The summed E-state index contributed by atoms with van der Waals surface area (Å²) in [7, 11) is -0.316. The van der Waals surface area contributed by atoms with Gasteiger partial charge in [0.05, 0.1) is 0 Å². The maximum absolute atomic E-state index is 11.5. The van der Waals surface area contributed by atoms with Gasteiger partial charge in [-0.3, -0.25) is 0 Å². The van der Waals surface area contributed by atoms with E-state index in [1.165, 1.54) is 0 Å². The number of ether oxygens (including phenoxy) is 1. The summed E-state index contributed by atoms with van der Waals surface area (Å²) in [5.74, 6) is 0.290. The largest absolute Gasteiger partial charge is 0.425 e. The number of aryl methyl sites for hydroxylation is 1. The highest BCUT2D eigenvalue weighted by Gasteiger charge is 2.16. The molecule has 1 aliphatic heterocycles. The second kappa shape index (κ2) is 7.29. The molecule has 0 aromatic carbocycles. The fraction of sp³-hybridized carbons (Fsp3) is 0.533. The van der Waals surface area contributed by atoms with E-state index in [2.05, 4.69) is 26.9 Å². The molecule has 0 aliphatic carbocycles. The Morgan fingerprint density at radius 1 is 1.29 bits per heavy atom. The molecular weight excluding hydrogens is 330 g/mol. The molecule has 3 rings (SSSR count). The van der Waals surface area contributed by atoms with Gasteiger partial charge in [0.1, 0.15) is 0 Å². The number of piperazine rings is 1. The van der Waals surface area contributed by atoms with Crippen LogP contribution in [-0.2, 0) is 10.3 Å². The molecule has 2 aromatic heterocycles. The molecule has 0 spiro atoms. The Hall–Kier alpha value is -1.97. The van der Waals surface area contributed by atoms with Crippen LogP contribution in [0.25, 0.3) is 5.65 Å². The van der Waals surface area contributed by atoms with Gasteiger partial charge in [-0.2, -0.15) is 8.42 Å². The molecule has 0 unspecified atom stereocenters. The van der Waals surface area contributed by atoms with Gasteiger partial charge in [0.15, 0.2) is 5.65 Å². The minimum absolute atomic E-state index is 0.0176. The van der Waals surface area contributed by atoms with Crippen LogP contribution in [0, 0.1) is 6.92 Å². The van der Waals surface area contributed by atoms with E-state index in [0.29, 0.717) is 18.6 Å². The number of likely N-dealkylation sites (N-methyl/N-ethyl adjacent to an activating group) is 1. The molecule has 3 heterocycles. The fourth-order valence-electron chi connectivity index (χ4n) is 2.63. The maximum Gasteiger partial charge on any atom is 0.253 e. The minimum atomic E-state index is -2.41. The molecule has 0 radical (unpaired) electrons. The predicted octanol–water partition coefficient (Wildman–Crippen LogP) is 0.0630. The Morgan fingerprint density at radius 2 is 2.04 bits per heavy atom. The van der Waals surface area contributed by atoms with Crippen molar-refractivity contribution in [2.75, 3.05) is 39.8 Å². The highest BCUT2D eigenvalue weighted by atomic mass is 32.2. The normalized spacial score (nSPS) is 16.4. The summed E-state index contributed by atoms with van der Waals surface area (Å²) < 4.78 is 30.2. The molecule has 1 saturated heterocycles. The Morgan fingerprint density at radius 3 is 2.75 bits per heavy atom. The van der Waals surface area contributed by atoms with Crippen molar-refractivity contribution in [3.05, 3.63) is 24.0 Å². The minimum Gasteiger partial charge on any atom is -0.425 e. The molecule has 0 bridgehead atoms. The molecule has 0 amide bonds. The van der Waals surface area contributed by atoms with Crippen molar-refractivity contribution in [2.45, 2.75) is 13.3 Å². The van der Waals surface area contributed by atoms with Crippen LogP contribution in [0.4, 0.5) is 0 Å². The van der Waals surface area contributed by atoms with Crippen LogP contribution >= 0.6 is 0 Å². The van der Waals surface area contributed by atoms with Gasteiger partial charge in [0.25, 0.3) is 10.3 Å². The number of hydrogen-bond acceptors (Lipinski definition) is 7. The number of imidazole rings is 1. The number of aromatic nitrogens is 3. The maximum atomic E-state index is 11.5. The standard InChI is InChI=1S/C15H21N5O3S/c1-12-11-13-16-4-6-20(13)17-15(12)23-14(24(21)22)3-5-19-9-7-18(2)8-10-19/h4,6,11H,3,5,7-10H2,1-2H3. The van der Waals surface area contributed by atoms with E-state index in [9.17, 15) is 8.42 Å². The van der Waals surface area contributed by atoms with E-state index in [1.54, 1.807) is 16.9 Å². The van der Waals surface area contributed by atoms with Gasteiger partial charge in [-0.15, -0.1) is 5.10 Å². The summed E-state index contributed by atoms with van der Waals surface area (Å²) in [6, 6.07) is 1.81. The van der Waals surface area contributed by atoms with Gasteiger partial charge in [-0.25, -0.2) is 9.50 Å². The third-order valence-corrected chi connectivity index (χ3v) is 4.81. The van der Waals surface area contributed by atoms with Crippen molar-refractivity contribution in [2.24, 2.45) is 0 Å².